The highest BCUT2D eigenvalue weighted by atomic mass is 32.2. The molecule has 3 rings (SSSR count). The van der Waals surface area contributed by atoms with Gasteiger partial charge in [0.15, 0.2) is 0 Å². The van der Waals surface area contributed by atoms with Gasteiger partial charge in [0.05, 0.1) is 25.3 Å². The normalized spacial score (nSPS) is 11.7. The number of thioether (sulfide) groups is 1. The summed E-state index contributed by atoms with van der Waals surface area (Å²) in [5, 5.41) is 5.27. The molecule has 3 aromatic carbocycles. The van der Waals surface area contributed by atoms with Crippen LogP contribution in [0.5, 0.6) is 0 Å². The largest absolute Gasteiger partial charge is 0.469 e. The summed E-state index contributed by atoms with van der Waals surface area (Å²) < 4.78 is 4.76. The Morgan fingerprint density at radius 1 is 0.963 bits per heavy atom. The first-order chi connectivity index (χ1) is 13.2. The number of amides is 1. The molecule has 1 N–H and O–H groups in total. The van der Waals surface area contributed by atoms with Crippen LogP contribution in [0.3, 0.4) is 0 Å². The average molecular weight is 379 g/mol. The lowest BCUT2D eigenvalue weighted by atomic mass is 10.0. The number of esters is 1. The molecule has 5 heteroatoms. The lowest BCUT2D eigenvalue weighted by molar-refractivity contribution is -0.141. The molecule has 1 atom stereocenters. The number of carbonyl (C=O) groups is 2. The van der Waals surface area contributed by atoms with Crippen LogP contribution in [0.2, 0.25) is 0 Å². The Labute approximate surface area is 162 Å². The van der Waals surface area contributed by atoms with Crippen molar-refractivity contribution < 1.29 is 14.3 Å². The van der Waals surface area contributed by atoms with E-state index in [9.17, 15) is 9.59 Å². The maximum Gasteiger partial charge on any atom is 0.307 e. The van der Waals surface area contributed by atoms with Crippen molar-refractivity contribution in [1.29, 1.82) is 0 Å². The van der Waals surface area contributed by atoms with E-state index in [1.165, 1.54) is 24.3 Å². The molecule has 27 heavy (non-hydrogen) atoms. The second kappa shape index (κ2) is 9.24. The molecule has 0 heterocycles. The molecule has 0 saturated carbocycles. The van der Waals surface area contributed by atoms with Crippen molar-refractivity contribution in [3.05, 3.63) is 78.4 Å². The van der Waals surface area contributed by atoms with Crippen LogP contribution in [0, 0.1) is 0 Å². The number of benzene rings is 3. The van der Waals surface area contributed by atoms with Crippen molar-refractivity contribution in [2.75, 3.05) is 12.9 Å². The first-order valence-electron chi connectivity index (χ1n) is 8.68. The molecule has 0 fully saturated rings. The lowest BCUT2D eigenvalue weighted by Crippen LogP contribution is -2.31. The minimum absolute atomic E-state index is 0.104. The summed E-state index contributed by atoms with van der Waals surface area (Å²) in [5.41, 5.74) is 0.881. The SMILES string of the molecule is COC(=O)CC(NC(=O)CSc1ccc2ccccc2c1)c1ccccc1. The Bertz CT molecular complexity index is 927. The Morgan fingerprint density at radius 2 is 1.67 bits per heavy atom. The van der Waals surface area contributed by atoms with E-state index in [1.807, 2.05) is 48.5 Å². The standard InChI is InChI=1S/C22H21NO3S/c1-26-22(25)14-20(17-8-3-2-4-9-17)23-21(24)15-27-19-12-11-16-7-5-6-10-18(16)13-19/h2-13,20H,14-15H2,1H3,(H,23,24). The van der Waals surface area contributed by atoms with E-state index < -0.39 is 6.04 Å². The van der Waals surface area contributed by atoms with Gasteiger partial charge in [0, 0.05) is 4.90 Å². The topological polar surface area (TPSA) is 55.4 Å². The monoisotopic (exact) mass is 379 g/mol. The van der Waals surface area contributed by atoms with Crippen LogP contribution in [0.4, 0.5) is 0 Å². The van der Waals surface area contributed by atoms with Crippen molar-refractivity contribution in [2.45, 2.75) is 17.4 Å². The van der Waals surface area contributed by atoms with E-state index in [1.54, 1.807) is 0 Å². The second-order valence-electron chi connectivity index (χ2n) is 6.11. The lowest BCUT2D eigenvalue weighted by Gasteiger charge is -2.18. The first kappa shape index (κ1) is 19.0. The summed E-state index contributed by atoms with van der Waals surface area (Å²) in [5.74, 6) is -0.194. The van der Waals surface area contributed by atoms with Crippen LogP contribution in [-0.2, 0) is 14.3 Å². The number of fused-ring (bicyclic) bond motifs is 1. The molecule has 0 aliphatic heterocycles. The molecular formula is C22H21NO3S. The molecule has 0 aliphatic carbocycles. The van der Waals surface area contributed by atoms with Crippen LogP contribution < -0.4 is 5.32 Å². The summed E-state index contributed by atoms with van der Waals surface area (Å²) in [6, 6.07) is 23.3. The minimum atomic E-state index is -0.400. The van der Waals surface area contributed by atoms with Crippen LogP contribution in [0.1, 0.15) is 18.0 Å². The highest BCUT2D eigenvalue weighted by molar-refractivity contribution is 8.00. The van der Waals surface area contributed by atoms with E-state index in [4.69, 9.17) is 4.74 Å². The van der Waals surface area contributed by atoms with E-state index in [2.05, 4.69) is 29.6 Å². The fraction of sp³-hybridized carbons (Fsp3) is 0.182. The van der Waals surface area contributed by atoms with Gasteiger partial charge in [-0.1, -0.05) is 60.7 Å². The van der Waals surface area contributed by atoms with Crippen LogP contribution in [0.15, 0.2) is 77.7 Å². The first-order valence-corrected chi connectivity index (χ1v) is 9.67. The summed E-state index contributed by atoms with van der Waals surface area (Å²) in [6.07, 6.45) is 0.104. The van der Waals surface area contributed by atoms with Gasteiger partial charge in [-0.2, -0.15) is 0 Å². The number of rotatable bonds is 7. The zero-order chi connectivity index (χ0) is 19.1. The molecule has 0 aromatic heterocycles. The summed E-state index contributed by atoms with van der Waals surface area (Å²) in [4.78, 5) is 25.2. The Balaban J connectivity index is 1.63. The quantitative estimate of drug-likeness (QED) is 0.490. The van der Waals surface area contributed by atoms with Crippen molar-refractivity contribution in [1.82, 2.24) is 5.32 Å². The van der Waals surface area contributed by atoms with E-state index in [0.717, 1.165) is 15.8 Å². The number of hydrogen-bond acceptors (Lipinski definition) is 4. The zero-order valence-electron chi connectivity index (χ0n) is 15.1. The smallest absolute Gasteiger partial charge is 0.307 e. The van der Waals surface area contributed by atoms with Crippen molar-refractivity contribution in [3.63, 3.8) is 0 Å². The Morgan fingerprint density at radius 3 is 2.41 bits per heavy atom. The minimum Gasteiger partial charge on any atom is -0.469 e. The average Bonchev–Trinajstić information content (AvgIpc) is 2.72. The molecule has 0 radical (unpaired) electrons. The van der Waals surface area contributed by atoms with Crippen molar-refractivity contribution >= 4 is 34.4 Å². The third kappa shape index (κ3) is 5.34. The van der Waals surface area contributed by atoms with Gasteiger partial charge in [-0.3, -0.25) is 9.59 Å². The van der Waals surface area contributed by atoms with E-state index >= 15 is 0 Å². The van der Waals surface area contributed by atoms with Gasteiger partial charge in [-0.05, 0) is 28.5 Å². The van der Waals surface area contributed by atoms with Gasteiger partial charge in [0.2, 0.25) is 5.91 Å². The van der Waals surface area contributed by atoms with E-state index in [-0.39, 0.29) is 24.1 Å². The number of nitrogens with one attached hydrogen (secondary N) is 1. The van der Waals surface area contributed by atoms with Crippen LogP contribution >= 0.6 is 11.8 Å². The van der Waals surface area contributed by atoms with Crippen LogP contribution in [0.25, 0.3) is 10.8 Å². The van der Waals surface area contributed by atoms with Gasteiger partial charge >= 0.3 is 5.97 Å². The predicted octanol–water partition coefficient (Wildman–Crippen LogP) is 4.35. The maximum atomic E-state index is 12.4. The second-order valence-corrected chi connectivity index (χ2v) is 7.16. The summed E-state index contributed by atoms with van der Waals surface area (Å²) in [7, 11) is 1.35. The molecule has 1 unspecified atom stereocenters. The highest BCUT2D eigenvalue weighted by Gasteiger charge is 2.18. The van der Waals surface area contributed by atoms with Gasteiger partial charge in [-0.15, -0.1) is 11.8 Å². The number of carbonyl (C=O) groups excluding carboxylic acids is 2. The fourth-order valence-corrected chi connectivity index (χ4v) is 3.59. The molecule has 138 valence electrons. The molecule has 3 aromatic rings. The number of ether oxygens (including phenoxy) is 1. The zero-order valence-corrected chi connectivity index (χ0v) is 15.9. The van der Waals surface area contributed by atoms with E-state index in [0.29, 0.717) is 0 Å². The predicted molar refractivity (Wildman–Crippen MR) is 109 cm³/mol. The highest BCUT2D eigenvalue weighted by Crippen LogP contribution is 2.24. The third-order valence-electron chi connectivity index (χ3n) is 4.23. The van der Waals surface area contributed by atoms with Crippen LogP contribution in [-0.4, -0.2) is 24.7 Å². The molecule has 0 bridgehead atoms. The molecule has 0 aliphatic rings. The summed E-state index contributed by atoms with van der Waals surface area (Å²) >= 11 is 1.48. The maximum absolute atomic E-state index is 12.4. The Kier molecular flexibility index (Phi) is 6.49. The molecular weight excluding hydrogens is 358 g/mol. The molecule has 0 saturated heterocycles. The van der Waals surface area contributed by atoms with Crippen molar-refractivity contribution in [3.8, 4) is 0 Å². The number of methoxy groups -OCH3 is 1. The van der Waals surface area contributed by atoms with Gasteiger partial charge in [-0.25, -0.2) is 0 Å². The Hall–Kier alpha value is -2.79. The molecule has 1 amide bonds. The van der Waals surface area contributed by atoms with Crippen molar-refractivity contribution in [2.24, 2.45) is 0 Å². The van der Waals surface area contributed by atoms with Gasteiger partial charge in [0.1, 0.15) is 0 Å². The molecule has 4 nitrogen and oxygen atoms in total. The summed E-state index contributed by atoms with van der Waals surface area (Å²) in [6.45, 7) is 0. The number of hydrogen-bond donors (Lipinski definition) is 1. The van der Waals surface area contributed by atoms with Gasteiger partial charge < -0.3 is 10.1 Å². The fourth-order valence-electron chi connectivity index (χ4n) is 2.83. The molecule has 0 spiro atoms. The van der Waals surface area contributed by atoms with Gasteiger partial charge in [0.25, 0.3) is 0 Å². The third-order valence-corrected chi connectivity index (χ3v) is 5.22.